The van der Waals surface area contributed by atoms with Crippen molar-refractivity contribution in [3.05, 3.63) is 35.7 Å². The van der Waals surface area contributed by atoms with Gasteiger partial charge in [-0.25, -0.2) is 6.57 Å². The fourth-order valence-electron chi connectivity index (χ4n) is 1.22. The van der Waals surface area contributed by atoms with Gasteiger partial charge in [-0.1, -0.05) is 17.3 Å². The minimum atomic E-state index is -0.285. The van der Waals surface area contributed by atoms with E-state index in [1.165, 1.54) is 0 Å². The van der Waals surface area contributed by atoms with Gasteiger partial charge in [0.25, 0.3) is 0 Å². The summed E-state index contributed by atoms with van der Waals surface area (Å²) in [4.78, 5) is 3.39. The van der Waals surface area contributed by atoms with Crippen LogP contribution in [0, 0.1) is 6.57 Å². The molecular weight excluding hydrogens is 164 g/mol. The Labute approximate surface area is 75.6 Å². The second-order valence-electron chi connectivity index (χ2n) is 2.78. The van der Waals surface area contributed by atoms with Crippen LogP contribution in [0.15, 0.2) is 24.3 Å². The zero-order valence-electron chi connectivity index (χ0n) is 7.18. The Hall–Kier alpha value is -1.89. The fraction of sp³-hybridized carbons (Fsp3) is 0.222. The van der Waals surface area contributed by atoms with Gasteiger partial charge < -0.3 is 0 Å². The van der Waals surface area contributed by atoms with Gasteiger partial charge >= 0.3 is 6.17 Å². The lowest BCUT2D eigenvalue weighted by Crippen LogP contribution is -2.02. The number of rotatable bonds is 1. The van der Waals surface area contributed by atoms with Crippen molar-refractivity contribution in [2.24, 2.45) is 0 Å². The van der Waals surface area contributed by atoms with E-state index in [0.29, 0.717) is 0 Å². The number of fused-ring (bicyclic) bond motifs is 1. The third kappa shape index (κ3) is 1.14. The van der Waals surface area contributed by atoms with Crippen LogP contribution in [0.3, 0.4) is 0 Å². The third-order valence-electron chi connectivity index (χ3n) is 1.92. The predicted molar refractivity (Wildman–Crippen MR) is 48.8 cm³/mol. The highest BCUT2D eigenvalue weighted by molar-refractivity contribution is 5.73. The molecule has 13 heavy (non-hydrogen) atoms. The van der Waals surface area contributed by atoms with E-state index in [1.54, 1.807) is 11.6 Å². The highest BCUT2D eigenvalue weighted by Crippen LogP contribution is 2.15. The average molecular weight is 172 g/mol. The number of hydrogen-bond acceptors (Lipinski definition) is 2. The fourth-order valence-corrected chi connectivity index (χ4v) is 1.22. The second kappa shape index (κ2) is 2.87. The van der Waals surface area contributed by atoms with E-state index < -0.39 is 0 Å². The molecule has 2 rings (SSSR count). The van der Waals surface area contributed by atoms with Crippen LogP contribution in [-0.2, 0) is 0 Å². The van der Waals surface area contributed by atoms with E-state index in [1.807, 2.05) is 24.3 Å². The Morgan fingerprint density at radius 1 is 1.46 bits per heavy atom. The Bertz CT molecular complexity index is 466. The Morgan fingerprint density at radius 2 is 2.23 bits per heavy atom. The quantitative estimate of drug-likeness (QED) is 0.615. The number of benzene rings is 1. The molecule has 0 spiro atoms. The van der Waals surface area contributed by atoms with E-state index in [2.05, 4.69) is 15.2 Å². The van der Waals surface area contributed by atoms with Crippen molar-refractivity contribution in [2.75, 3.05) is 0 Å². The van der Waals surface area contributed by atoms with Crippen LogP contribution < -0.4 is 0 Å². The Balaban J connectivity index is 2.66. The summed E-state index contributed by atoms with van der Waals surface area (Å²) >= 11 is 0. The molecule has 2 aromatic rings. The second-order valence-corrected chi connectivity index (χ2v) is 2.78. The topological polar surface area (TPSA) is 35.1 Å². The minimum absolute atomic E-state index is 0.285. The first kappa shape index (κ1) is 7.74. The van der Waals surface area contributed by atoms with Crippen molar-refractivity contribution >= 4 is 11.0 Å². The van der Waals surface area contributed by atoms with Crippen LogP contribution in [0.1, 0.15) is 13.1 Å². The molecule has 0 aliphatic heterocycles. The summed E-state index contributed by atoms with van der Waals surface area (Å²) in [6, 6.07) is 7.62. The number of hydrogen-bond donors (Lipinski definition) is 0. The van der Waals surface area contributed by atoms with Gasteiger partial charge in [0.05, 0.1) is 5.52 Å². The summed E-state index contributed by atoms with van der Waals surface area (Å²) in [5, 5.41) is 7.88. The van der Waals surface area contributed by atoms with E-state index in [9.17, 15) is 0 Å². The summed E-state index contributed by atoms with van der Waals surface area (Å²) in [5.74, 6) is 0. The first-order valence-electron chi connectivity index (χ1n) is 3.99. The zero-order chi connectivity index (χ0) is 9.26. The maximum absolute atomic E-state index is 6.90. The average Bonchev–Trinajstić information content (AvgIpc) is 2.60. The zero-order valence-corrected chi connectivity index (χ0v) is 7.18. The van der Waals surface area contributed by atoms with Crippen LogP contribution in [-0.4, -0.2) is 15.0 Å². The lowest BCUT2D eigenvalue weighted by atomic mass is 10.3. The maximum atomic E-state index is 6.90. The molecule has 1 atom stereocenters. The van der Waals surface area contributed by atoms with Gasteiger partial charge in [0.1, 0.15) is 5.52 Å². The van der Waals surface area contributed by atoms with Gasteiger partial charge in [-0.05, 0) is 12.1 Å². The van der Waals surface area contributed by atoms with Gasteiger partial charge in [-0.3, -0.25) is 4.85 Å². The Morgan fingerprint density at radius 3 is 3.00 bits per heavy atom. The first-order valence-corrected chi connectivity index (χ1v) is 3.99. The lowest BCUT2D eigenvalue weighted by molar-refractivity contribution is 0.572. The van der Waals surface area contributed by atoms with Crippen molar-refractivity contribution in [1.29, 1.82) is 0 Å². The number of para-hydroxylation sites is 1. The summed E-state index contributed by atoms with van der Waals surface area (Å²) in [7, 11) is 0. The molecule has 1 unspecified atom stereocenters. The summed E-state index contributed by atoms with van der Waals surface area (Å²) in [6.45, 7) is 8.70. The van der Waals surface area contributed by atoms with Crippen LogP contribution in [0.5, 0.6) is 0 Å². The molecule has 0 N–H and O–H groups in total. The first-order chi connectivity index (χ1) is 6.33. The molecule has 0 radical (unpaired) electrons. The predicted octanol–water partition coefficient (Wildman–Crippen LogP) is 1.87. The molecule has 0 fully saturated rings. The lowest BCUT2D eigenvalue weighted by Gasteiger charge is -1.98. The SMILES string of the molecule is [C-]#[N+]C(C)n1nnc2ccccc21. The molecule has 0 amide bonds. The highest BCUT2D eigenvalue weighted by atomic mass is 15.5. The molecular formula is C9H8N4. The molecule has 0 aliphatic rings. The number of aromatic nitrogens is 3. The van der Waals surface area contributed by atoms with Crippen LogP contribution in [0.25, 0.3) is 15.9 Å². The van der Waals surface area contributed by atoms with Crippen LogP contribution in [0.4, 0.5) is 0 Å². The molecule has 1 aromatic heterocycles. The van der Waals surface area contributed by atoms with Crippen LogP contribution in [0.2, 0.25) is 0 Å². The van der Waals surface area contributed by atoms with Gasteiger partial charge in [0.2, 0.25) is 0 Å². The maximum Gasteiger partial charge on any atom is 0.315 e. The monoisotopic (exact) mass is 172 g/mol. The third-order valence-corrected chi connectivity index (χ3v) is 1.92. The van der Waals surface area contributed by atoms with E-state index >= 15 is 0 Å². The van der Waals surface area contributed by atoms with E-state index in [0.717, 1.165) is 11.0 Å². The smallest absolute Gasteiger partial charge is 0.288 e. The van der Waals surface area contributed by atoms with E-state index in [4.69, 9.17) is 6.57 Å². The Kier molecular flexibility index (Phi) is 1.71. The molecule has 4 nitrogen and oxygen atoms in total. The molecule has 1 aromatic carbocycles. The highest BCUT2D eigenvalue weighted by Gasteiger charge is 2.12. The summed E-state index contributed by atoms with van der Waals surface area (Å²) in [6.07, 6.45) is -0.285. The van der Waals surface area contributed by atoms with Crippen molar-refractivity contribution in [3.8, 4) is 0 Å². The molecule has 64 valence electrons. The molecule has 0 bridgehead atoms. The van der Waals surface area contributed by atoms with Gasteiger partial charge in [0, 0.05) is 6.92 Å². The van der Waals surface area contributed by atoms with Crippen LogP contribution >= 0.6 is 0 Å². The molecule has 1 heterocycles. The van der Waals surface area contributed by atoms with Gasteiger partial charge in [0.15, 0.2) is 0 Å². The standard InChI is InChI=1S/C9H8N4/c1-7(10-2)13-9-6-4-3-5-8(9)11-12-13/h3-7H,1H3. The van der Waals surface area contributed by atoms with Gasteiger partial charge in [-0.15, -0.1) is 5.10 Å². The molecule has 0 aliphatic carbocycles. The van der Waals surface area contributed by atoms with Crippen molar-refractivity contribution in [3.63, 3.8) is 0 Å². The minimum Gasteiger partial charge on any atom is -0.288 e. The molecule has 0 saturated carbocycles. The largest absolute Gasteiger partial charge is 0.315 e. The van der Waals surface area contributed by atoms with Crippen molar-refractivity contribution in [2.45, 2.75) is 13.1 Å². The van der Waals surface area contributed by atoms with Gasteiger partial charge in [-0.2, -0.15) is 4.68 Å². The normalized spacial score (nSPS) is 12.6. The molecule has 0 saturated heterocycles. The van der Waals surface area contributed by atoms with Crippen molar-refractivity contribution in [1.82, 2.24) is 15.0 Å². The van der Waals surface area contributed by atoms with Crippen molar-refractivity contribution < 1.29 is 0 Å². The summed E-state index contributed by atoms with van der Waals surface area (Å²) in [5.41, 5.74) is 1.74. The number of nitrogens with zero attached hydrogens (tertiary/aromatic N) is 4. The summed E-state index contributed by atoms with van der Waals surface area (Å²) < 4.78 is 1.63. The van der Waals surface area contributed by atoms with E-state index in [-0.39, 0.29) is 6.17 Å². The molecule has 4 heteroatoms.